The second-order valence-electron chi connectivity index (χ2n) is 6.95. The summed E-state index contributed by atoms with van der Waals surface area (Å²) >= 11 is 0. The van der Waals surface area contributed by atoms with E-state index in [0.717, 1.165) is 5.92 Å². The van der Waals surface area contributed by atoms with E-state index in [9.17, 15) is 0 Å². The minimum atomic E-state index is 0.0757. The van der Waals surface area contributed by atoms with Gasteiger partial charge < -0.3 is 0 Å². The van der Waals surface area contributed by atoms with Crippen molar-refractivity contribution in [1.82, 2.24) is 0 Å². The lowest BCUT2D eigenvalue weighted by molar-refractivity contribution is 0.443. The zero-order valence-electron chi connectivity index (χ0n) is 13.3. The maximum atomic E-state index is 2.37. The molecule has 0 N–H and O–H groups in total. The molecule has 1 aliphatic rings. The number of hydrogen-bond acceptors (Lipinski definition) is 0. The maximum Gasteiger partial charge on any atom is 0.0146 e. The van der Waals surface area contributed by atoms with Crippen LogP contribution in [-0.4, -0.2) is 0 Å². The summed E-state index contributed by atoms with van der Waals surface area (Å²) in [7, 11) is 0. The fourth-order valence-electron chi connectivity index (χ4n) is 3.63. The number of rotatable bonds is 3. The van der Waals surface area contributed by atoms with Gasteiger partial charge in [0.15, 0.2) is 0 Å². The average Bonchev–Trinajstić information content (AvgIpc) is 2.57. The quantitative estimate of drug-likeness (QED) is 0.640. The molecule has 0 aromatic heterocycles. The lowest BCUT2D eigenvalue weighted by atomic mass is 9.77. The molecule has 3 rings (SSSR count). The summed E-state index contributed by atoms with van der Waals surface area (Å²) in [5, 5.41) is 0. The van der Waals surface area contributed by atoms with Crippen molar-refractivity contribution in [2.75, 3.05) is 0 Å². The maximum absolute atomic E-state index is 2.37. The molecule has 1 aliphatic carbocycles. The Bertz CT molecular complexity index is 557. The molecular weight excluding hydrogens is 252 g/mol. The standard InChI is InChI=1S/C21H26/c1-21(2,19-11-7-4-8-12-19)20-15-13-18(14-16-20)17-9-5-3-6-10-17/h4,7-8,11-17H,3,5-6,9-10H2,1-2H3. The Morgan fingerprint density at radius 2 is 1.29 bits per heavy atom. The van der Waals surface area contributed by atoms with Crippen LogP contribution in [-0.2, 0) is 5.41 Å². The second-order valence-corrected chi connectivity index (χ2v) is 6.95. The van der Waals surface area contributed by atoms with Crippen LogP contribution in [0.4, 0.5) is 0 Å². The molecule has 2 aromatic carbocycles. The summed E-state index contributed by atoms with van der Waals surface area (Å²) in [5.74, 6) is 0.799. The van der Waals surface area contributed by atoms with Crippen LogP contribution in [0.3, 0.4) is 0 Å². The third-order valence-corrected chi connectivity index (χ3v) is 5.20. The summed E-state index contributed by atoms with van der Waals surface area (Å²) in [6, 6.07) is 20.2. The van der Waals surface area contributed by atoms with E-state index in [1.165, 1.54) is 43.2 Å². The van der Waals surface area contributed by atoms with E-state index >= 15 is 0 Å². The van der Waals surface area contributed by atoms with Crippen molar-refractivity contribution in [3.63, 3.8) is 0 Å². The molecule has 0 saturated heterocycles. The Kier molecular flexibility index (Phi) is 4.14. The Morgan fingerprint density at radius 3 is 1.90 bits per heavy atom. The molecule has 1 fully saturated rings. The molecule has 1 saturated carbocycles. The molecule has 0 bridgehead atoms. The molecule has 110 valence electrons. The van der Waals surface area contributed by atoms with Gasteiger partial charge >= 0.3 is 0 Å². The zero-order chi connectivity index (χ0) is 14.7. The zero-order valence-corrected chi connectivity index (χ0v) is 13.3. The largest absolute Gasteiger partial charge is 0.0622 e. The average molecular weight is 278 g/mol. The van der Waals surface area contributed by atoms with Gasteiger partial charge in [-0.25, -0.2) is 0 Å². The van der Waals surface area contributed by atoms with Crippen LogP contribution in [0.5, 0.6) is 0 Å². The van der Waals surface area contributed by atoms with Crippen molar-refractivity contribution in [3.05, 3.63) is 71.3 Å². The van der Waals surface area contributed by atoms with Gasteiger partial charge in [-0.1, -0.05) is 87.7 Å². The summed E-state index contributed by atoms with van der Waals surface area (Å²) in [5.41, 5.74) is 4.41. The van der Waals surface area contributed by atoms with Crippen molar-refractivity contribution < 1.29 is 0 Å². The predicted octanol–water partition coefficient (Wildman–Crippen LogP) is 6.06. The Balaban J connectivity index is 1.83. The highest BCUT2D eigenvalue weighted by Gasteiger charge is 2.23. The van der Waals surface area contributed by atoms with Gasteiger partial charge in [0.2, 0.25) is 0 Å². The first-order chi connectivity index (χ1) is 10.2. The van der Waals surface area contributed by atoms with Crippen LogP contribution < -0.4 is 0 Å². The van der Waals surface area contributed by atoms with E-state index in [0.29, 0.717) is 0 Å². The SMILES string of the molecule is CC(C)(c1ccccc1)c1ccc(C2CCCCC2)cc1. The van der Waals surface area contributed by atoms with E-state index in [4.69, 9.17) is 0 Å². The first kappa shape index (κ1) is 14.4. The van der Waals surface area contributed by atoms with Gasteiger partial charge in [-0.15, -0.1) is 0 Å². The smallest absolute Gasteiger partial charge is 0.0146 e. The van der Waals surface area contributed by atoms with Crippen LogP contribution in [0.2, 0.25) is 0 Å². The van der Waals surface area contributed by atoms with Gasteiger partial charge in [-0.3, -0.25) is 0 Å². The van der Waals surface area contributed by atoms with Crippen molar-refractivity contribution in [1.29, 1.82) is 0 Å². The van der Waals surface area contributed by atoms with Crippen LogP contribution in [0.1, 0.15) is 68.6 Å². The molecule has 0 atom stereocenters. The second kappa shape index (κ2) is 6.05. The highest BCUT2D eigenvalue weighted by atomic mass is 14.3. The van der Waals surface area contributed by atoms with E-state index < -0.39 is 0 Å². The molecule has 0 aliphatic heterocycles. The summed E-state index contributed by atoms with van der Waals surface area (Å²) in [4.78, 5) is 0. The third kappa shape index (κ3) is 3.05. The molecule has 0 nitrogen and oxygen atoms in total. The highest BCUT2D eigenvalue weighted by Crippen LogP contribution is 2.35. The topological polar surface area (TPSA) is 0 Å². The van der Waals surface area contributed by atoms with E-state index in [1.807, 2.05) is 0 Å². The van der Waals surface area contributed by atoms with E-state index in [2.05, 4.69) is 68.4 Å². The van der Waals surface area contributed by atoms with Crippen molar-refractivity contribution >= 4 is 0 Å². The van der Waals surface area contributed by atoms with Crippen LogP contribution in [0, 0.1) is 0 Å². The fourth-order valence-corrected chi connectivity index (χ4v) is 3.63. The van der Waals surface area contributed by atoms with Crippen molar-refractivity contribution in [2.24, 2.45) is 0 Å². The van der Waals surface area contributed by atoms with Crippen molar-refractivity contribution in [2.45, 2.75) is 57.3 Å². The Labute approximate surface area is 129 Å². The van der Waals surface area contributed by atoms with Crippen LogP contribution in [0.25, 0.3) is 0 Å². The number of hydrogen-bond donors (Lipinski definition) is 0. The van der Waals surface area contributed by atoms with Gasteiger partial charge in [0.1, 0.15) is 0 Å². The third-order valence-electron chi connectivity index (χ3n) is 5.20. The molecular formula is C21H26. The minimum absolute atomic E-state index is 0.0757. The molecule has 0 amide bonds. The predicted molar refractivity (Wildman–Crippen MR) is 90.8 cm³/mol. The highest BCUT2D eigenvalue weighted by molar-refractivity contribution is 5.39. The Morgan fingerprint density at radius 1 is 0.714 bits per heavy atom. The molecule has 2 aromatic rings. The summed E-state index contributed by atoms with van der Waals surface area (Å²) < 4.78 is 0. The van der Waals surface area contributed by atoms with Crippen molar-refractivity contribution in [3.8, 4) is 0 Å². The molecule has 0 spiro atoms. The fraction of sp³-hybridized carbons (Fsp3) is 0.429. The van der Waals surface area contributed by atoms with Gasteiger partial charge in [0.25, 0.3) is 0 Å². The molecule has 21 heavy (non-hydrogen) atoms. The monoisotopic (exact) mass is 278 g/mol. The first-order valence-corrected chi connectivity index (χ1v) is 8.34. The molecule has 0 radical (unpaired) electrons. The lowest BCUT2D eigenvalue weighted by Crippen LogP contribution is -2.18. The van der Waals surface area contributed by atoms with Gasteiger partial charge in [0.05, 0.1) is 0 Å². The summed E-state index contributed by atoms with van der Waals surface area (Å²) in [6.07, 6.45) is 6.99. The first-order valence-electron chi connectivity index (χ1n) is 8.34. The lowest BCUT2D eigenvalue weighted by Gasteiger charge is -2.27. The molecule has 0 heterocycles. The Hall–Kier alpha value is -1.56. The van der Waals surface area contributed by atoms with Gasteiger partial charge in [-0.2, -0.15) is 0 Å². The van der Waals surface area contributed by atoms with E-state index in [-0.39, 0.29) is 5.41 Å². The van der Waals surface area contributed by atoms with Gasteiger partial charge in [-0.05, 0) is 35.4 Å². The van der Waals surface area contributed by atoms with Crippen LogP contribution >= 0.6 is 0 Å². The normalized spacial score (nSPS) is 16.9. The molecule has 0 unspecified atom stereocenters. The minimum Gasteiger partial charge on any atom is -0.0622 e. The van der Waals surface area contributed by atoms with Gasteiger partial charge in [0, 0.05) is 5.41 Å². The van der Waals surface area contributed by atoms with E-state index in [1.54, 1.807) is 5.56 Å². The van der Waals surface area contributed by atoms with Crippen LogP contribution in [0.15, 0.2) is 54.6 Å². The number of benzene rings is 2. The molecule has 0 heteroatoms. The summed E-state index contributed by atoms with van der Waals surface area (Å²) in [6.45, 7) is 4.63.